The van der Waals surface area contributed by atoms with Gasteiger partial charge in [0.05, 0.1) is 43.7 Å². The number of ether oxygens (including phenoxy) is 4. The quantitative estimate of drug-likeness (QED) is 0.0492. The molecule has 366 valence electrons. The fourth-order valence-corrected chi connectivity index (χ4v) is 7.96. The number of hydrogen-bond acceptors (Lipinski definition) is 15. The van der Waals surface area contributed by atoms with Crippen LogP contribution in [-0.2, 0) is 19.1 Å². The van der Waals surface area contributed by atoms with Crippen LogP contribution in [0.2, 0.25) is 0 Å². The van der Waals surface area contributed by atoms with Gasteiger partial charge >= 0.3 is 18.3 Å². The molecular formula is C48H45F6N9O7. The van der Waals surface area contributed by atoms with Crippen molar-refractivity contribution in [1.29, 1.82) is 0 Å². The molecule has 3 aromatic heterocycles. The molecule has 6 aromatic rings. The minimum absolute atomic E-state index is 0.00960. The lowest BCUT2D eigenvalue weighted by molar-refractivity contribution is -0.274. The van der Waals surface area contributed by atoms with Crippen LogP contribution in [0.25, 0.3) is 0 Å². The molecule has 16 nitrogen and oxygen atoms in total. The molecule has 0 radical (unpaired) electrons. The molecule has 0 aliphatic carbocycles. The Hall–Kier alpha value is -7.59. The van der Waals surface area contributed by atoms with Crippen molar-refractivity contribution in [3.63, 3.8) is 0 Å². The van der Waals surface area contributed by atoms with Gasteiger partial charge < -0.3 is 33.9 Å². The van der Waals surface area contributed by atoms with Crippen LogP contribution in [0.3, 0.4) is 0 Å². The number of aliphatic carboxylic acids is 1. The highest BCUT2D eigenvalue weighted by atomic mass is 19.4. The van der Waals surface area contributed by atoms with Gasteiger partial charge in [-0.2, -0.15) is 0 Å². The fraction of sp³-hybridized carbons (Fsp3) is 0.312. The van der Waals surface area contributed by atoms with Crippen LogP contribution in [0.1, 0.15) is 25.7 Å². The average molecular weight is 974 g/mol. The first-order valence-corrected chi connectivity index (χ1v) is 21.9. The van der Waals surface area contributed by atoms with E-state index in [4.69, 9.17) is 29.3 Å². The molecule has 0 saturated carbocycles. The Morgan fingerprint density at radius 1 is 0.643 bits per heavy atom. The van der Waals surface area contributed by atoms with Crippen LogP contribution < -0.4 is 29.1 Å². The normalized spacial score (nSPS) is 15.5. The van der Waals surface area contributed by atoms with Crippen molar-refractivity contribution < 1.29 is 60.0 Å². The van der Waals surface area contributed by atoms with Crippen LogP contribution in [0, 0.1) is 5.82 Å². The Balaban J connectivity index is 0.881. The van der Waals surface area contributed by atoms with Gasteiger partial charge in [-0.25, -0.2) is 37.7 Å². The van der Waals surface area contributed by atoms with Crippen LogP contribution in [0.15, 0.2) is 122 Å². The minimum atomic E-state index is -4.85. The van der Waals surface area contributed by atoms with Crippen LogP contribution >= 0.6 is 0 Å². The summed E-state index contributed by atoms with van der Waals surface area (Å²) < 4.78 is 105. The van der Waals surface area contributed by atoms with Crippen molar-refractivity contribution in [3.05, 3.63) is 128 Å². The summed E-state index contributed by atoms with van der Waals surface area (Å²) in [5, 5.41) is 8.85. The minimum Gasteiger partial charge on any atom is -0.480 e. The molecule has 0 unspecified atom stereocenters. The number of carboxylic acids is 1. The zero-order valence-corrected chi connectivity index (χ0v) is 37.2. The molecular weight excluding hydrogens is 929 g/mol. The number of aromatic nitrogens is 5. The van der Waals surface area contributed by atoms with E-state index in [0.29, 0.717) is 34.6 Å². The van der Waals surface area contributed by atoms with Crippen molar-refractivity contribution in [1.82, 2.24) is 24.9 Å². The number of alkyl halides is 5. The predicted molar refractivity (Wildman–Crippen MR) is 243 cm³/mol. The summed E-state index contributed by atoms with van der Waals surface area (Å²) in [6.45, 7) is -1.15. The monoisotopic (exact) mass is 973 g/mol. The zero-order chi connectivity index (χ0) is 49.3. The van der Waals surface area contributed by atoms with Crippen LogP contribution in [0.5, 0.6) is 11.5 Å². The van der Waals surface area contributed by atoms with E-state index in [1.807, 2.05) is 15.9 Å². The van der Waals surface area contributed by atoms with Gasteiger partial charge in [-0.15, -0.1) is 13.2 Å². The second-order valence-corrected chi connectivity index (χ2v) is 16.5. The number of anilines is 8. The Labute approximate surface area is 397 Å². The van der Waals surface area contributed by atoms with E-state index in [1.165, 1.54) is 72.3 Å². The fourth-order valence-electron chi connectivity index (χ4n) is 7.96. The van der Waals surface area contributed by atoms with E-state index in [9.17, 15) is 22.8 Å². The molecule has 1 N–H and O–H groups in total. The molecule has 2 aliphatic heterocycles. The molecule has 0 atom stereocenters. The first kappa shape index (κ1) is 48.9. The third kappa shape index (κ3) is 12.7. The highest BCUT2D eigenvalue weighted by Crippen LogP contribution is 2.38. The molecule has 2 saturated heterocycles. The number of benzene rings is 3. The Morgan fingerprint density at radius 2 is 1.20 bits per heavy atom. The van der Waals surface area contributed by atoms with Crippen molar-refractivity contribution in [3.8, 4) is 11.5 Å². The van der Waals surface area contributed by atoms with Gasteiger partial charge in [0.2, 0.25) is 0 Å². The lowest BCUT2D eigenvalue weighted by atomic mass is 9.94. The highest BCUT2D eigenvalue weighted by Gasteiger charge is 2.37. The van der Waals surface area contributed by atoms with Gasteiger partial charge in [-0.3, -0.25) is 19.8 Å². The third-order valence-electron chi connectivity index (χ3n) is 11.4. The first-order valence-electron chi connectivity index (χ1n) is 21.9. The summed E-state index contributed by atoms with van der Waals surface area (Å²) in [6.07, 6.45) is 2.76. The van der Waals surface area contributed by atoms with Crippen molar-refractivity contribution in [2.75, 3.05) is 72.2 Å². The van der Waals surface area contributed by atoms with E-state index in [0.717, 1.165) is 6.07 Å². The van der Waals surface area contributed by atoms with Crippen LogP contribution in [0.4, 0.5) is 72.5 Å². The maximum absolute atomic E-state index is 16.1. The number of carbonyl (C=O) groups excluding carboxylic acids is 1. The second-order valence-electron chi connectivity index (χ2n) is 16.5. The maximum atomic E-state index is 16.1. The van der Waals surface area contributed by atoms with Gasteiger partial charge in [-0.05, 0) is 54.6 Å². The van der Waals surface area contributed by atoms with Crippen molar-refractivity contribution in [2.45, 2.75) is 43.4 Å². The number of para-hydroxylation sites is 1. The first-order chi connectivity index (χ1) is 33.6. The van der Waals surface area contributed by atoms with E-state index in [2.05, 4.69) is 19.7 Å². The summed E-state index contributed by atoms with van der Waals surface area (Å²) in [4.78, 5) is 53.4. The summed E-state index contributed by atoms with van der Waals surface area (Å²) >= 11 is 0. The largest absolute Gasteiger partial charge is 0.573 e. The molecule has 2 fully saturated rings. The van der Waals surface area contributed by atoms with E-state index >= 15 is 13.2 Å². The average Bonchev–Trinajstić information content (AvgIpc) is 3.33. The van der Waals surface area contributed by atoms with Gasteiger partial charge in [0.25, 0.3) is 0 Å². The smallest absolute Gasteiger partial charge is 0.480 e. The number of piperidine rings is 2. The Bertz CT molecular complexity index is 2710. The molecule has 22 heteroatoms. The Morgan fingerprint density at radius 3 is 1.76 bits per heavy atom. The summed E-state index contributed by atoms with van der Waals surface area (Å²) in [5.74, 6) is -1.72. The third-order valence-corrected chi connectivity index (χ3v) is 11.4. The maximum Gasteiger partial charge on any atom is 0.573 e. The van der Waals surface area contributed by atoms with Crippen LogP contribution in [-0.4, -0.2) is 112 Å². The number of carbonyl (C=O) groups is 2. The van der Waals surface area contributed by atoms with Gasteiger partial charge in [0.15, 0.2) is 11.6 Å². The number of rotatable bonds is 18. The highest BCUT2D eigenvalue weighted by molar-refractivity contribution is 5.77. The topological polar surface area (TPSA) is 169 Å². The second kappa shape index (κ2) is 21.4. The molecule has 5 heterocycles. The van der Waals surface area contributed by atoms with Gasteiger partial charge in [0.1, 0.15) is 59.3 Å². The molecule has 0 bridgehead atoms. The lowest BCUT2D eigenvalue weighted by Gasteiger charge is -2.37. The summed E-state index contributed by atoms with van der Waals surface area (Å²) in [5.41, 5.74) is -2.23. The van der Waals surface area contributed by atoms with E-state index < -0.39 is 55.3 Å². The zero-order valence-electron chi connectivity index (χ0n) is 37.2. The SMILES string of the molecule is O=C(O)COCC1(F)CCN(c2cncc(N(c3cc(F)cc(OC(=O)COCC4(F)CCN(c5cncc(N(c6ccccc6)c6ccc(OC(F)(F)F)cc6)n5)CC4)c3)c3ccccn3)n2)CC1. The van der Waals surface area contributed by atoms with E-state index in [-0.39, 0.29) is 81.5 Å². The molecule has 0 amide bonds. The van der Waals surface area contributed by atoms with Crippen molar-refractivity contribution >= 4 is 58.1 Å². The number of hydrogen-bond donors (Lipinski definition) is 1. The molecule has 70 heavy (non-hydrogen) atoms. The predicted octanol–water partition coefficient (Wildman–Crippen LogP) is 8.98. The van der Waals surface area contributed by atoms with Gasteiger partial charge in [0, 0.05) is 81.6 Å². The molecule has 3 aromatic carbocycles. The number of halogens is 6. The van der Waals surface area contributed by atoms with Gasteiger partial charge in [-0.1, -0.05) is 24.3 Å². The molecule has 2 aliphatic rings. The molecule has 8 rings (SSSR count). The number of pyridine rings is 1. The lowest BCUT2D eigenvalue weighted by Crippen LogP contribution is -2.45. The number of carboxylic acid groups (broad SMARTS) is 1. The Kier molecular flexibility index (Phi) is 14.9. The molecule has 0 spiro atoms. The summed E-state index contributed by atoms with van der Waals surface area (Å²) in [6, 6.07) is 23.0. The summed E-state index contributed by atoms with van der Waals surface area (Å²) in [7, 11) is 0. The van der Waals surface area contributed by atoms with E-state index in [1.54, 1.807) is 47.4 Å². The number of nitrogens with zero attached hydrogens (tertiary/aromatic N) is 9. The standard InChI is InChI=1S/C48H45F6N9O7/c49-33-22-36(63(39-8-4-5-17-57-39)43-28-56-26-41(59-43)61-18-13-46(50,14-19-61)31-67-29-44(64)65)24-38(23-33)69-45(66)30-68-32-47(51)15-20-60(21-16-47)40-25-55-27-42(58-40)62(34-6-2-1-3-7-34)35-9-11-37(12-10-35)70-48(52,53)54/h1-12,17,22-28H,13-16,18-21,29-32H2,(H,64,65). The van der Waals surface area contributed by atoms with Crippen molar-refractivity contribution in [2.24, 2.45) is 0 Å². The number of esters is 1.